The third-order valence-electron chi connectivity index (χ3n) is 3.76. The average Bonchev–Trinajstić information content (AvgIpc) is 3.14. The number of imide groups is 1. The third-order valence-corrected chi connectivity index (χ3v) is 3.76. The highest BCUT2D eigenvalue weighted by molar-refractivity contribution is 5.99. The van der Waals surface area contributed by atoms with Crippen molar-refractivity contribution in [1.29, 1.82) is 0 Å². The van der Waals surface area contributed by atoms with Crippen LogP contribution in [-0.2, 0) is 16.0 Å². The lowest BCUT2D eigenvalue weighted by Crippen LogP contribution is -2.53. The Hall–Kier alpha value is -3.56. The molecule has 0 aliphatic heterocycles. The van der Waals surface area contributed by atoms with Crippen molar-refractivity contribution >= 4 is 17.9 Å². The average molecular weight is 402 g/mol. The summed E-state index contributed by atoms with van der Waals surface area (Å²) in [4.78, 5) is 53.0. The molecular formula is C19H22N4O6. The molecule has 10 heteroatoms. The van der Waals surface area contributed by atoms with Gasteiger partial charge in [-0.25, -0.2) is 19.5 Å². The SMILES string of the molecule is CC(C)(C)OC(=O)N(C(=O)n1ccnc1)[C@@H](Cc1ccccc1)C(=O)C[N+](=O)[O-]. The van der Waals surface area contributed by atoms with Gasteiger partial charge in [0.15, 0.2) is 0 Å². The molecule has 10 nitrogen and oxygen atoms in total. The molecule has 2 rings (SSSR count). The van der Waals surface area contributed by atoms with Gasteiger partial charge in [0.2, 0.25) is 5.78 Å². The van der Waals surface area contributed by atoms with E-state index in [4.69, 9.17) is 4.74 Å². The van der Waals surface area contributed by atoms with E-state index in [1.54, 1.807) is 51.1 Å². The number of hydrogen-bond donors (Lipinski definition) is 0. The summed E-state index contributed by atoms with van der Waals surface area (Å²) in [5, 5.41) is 10.9. The second kappa shape index (κ2) is 9.09. The molecule has 1 aromatic heterocycles. The van der Waals surface area contributed by atoms with Gasteiger partial charge in [-0.1, -0.05) is 30.3 Å². The zero-order chi connectivity index (χ0) is 21.6. The van der Waals surface area contributed by atoms with Crippen molar-refractivity contribution in [2.75, 3.05) is 6.54 Å². The number of nitrogens with zero attached hydrogens (tertiary/aromatic N) is 4. The van der Waals surface area contributed by atoms with E-state index in [2.05, 4.69) is 4.98 Å². The summed E-state index contributed by atoms with van der Waals surface area (Å²) < 4.78 is 6.30. The third kappa shape index (κ3) is 6.23. The first-order valence-electron chi connectivity index (χ1n) is 8.81. The van der Waals surface area contributed by atoms with Crippen LogP contribution in [0.15, 0.2) is 49.1 Å². The van der Waals surface area contributed by atoms with Crippen LogP contribution in [0, 0.1) is 10.1 Å². The number of amides is 2. The lowest BCUT2D eigenvalue weighted by atomic mass is 10.0. The largest absolute Gasteiger partial charge is 0.443 e. The second-order valence-corrected chi connectivity index (χ2v) is 7.27. The number of carbonyl (C=O) groups excluding carboxylic acids is 3. The Morgan fingerprint density at radius 2 is 1.90 bits per heavy atom. The number of ether oxygens (including phenoxy) is 1. The zero-order valence-corrected chi connectivity index (χ0v) is 16.3. The Labute approximate surface area is 167 Å². The molecule has 0 aliphatic carbocycles. The molecule has 0 saturated heterocycles. The summed E-state index contributed by atoms with van der Waals surface area (Å²) in [6.45, 7) is 3.79. The van der Waals surface area contributed by atoms with Gasteiger partial charge in [0.05, 0.1) is 0 Å². The number of Topliss-reactive ketones (excluding diaryl/α,β-unsaturated/α-hetero) is 1. The molecule has 1 atom stereocenters. The molecule has 0 saturated carbocycles. The predicted octanol–water partition coefficient (Wildman–Crippen LogP) is 2.55. The molecule has 2 amide bonds. The molecule has 0 radical (unpaired) electrons. The molecule has 29 heavy (non-hydrogen) atoms. The van der Waals surface area contributed by atoms with Crippen molar-refractivity contribution in [2.45, 2.75) is 38.8 Å². The Kier molecular flexibility index (Phi) is 6.81. The number of aromatic nitrogens is 2. The minimum Gasteiger partial charge on any atom is -0.443 e. The summed E-state index contributed by atoms with van der Waals surface area (Å²) in [6, 6.07) is 6.28. The molecule has 0 unspecified atom stereocenters. The predicted molar refractivity (Wildman–Crippen MR) is 102 cm³/mol. The van der Waals surface area contributed by atoms with Crippen molar-refractivity contribution in [1.82, 2.24) is 14.5 Å². The maximum absolute atomic E-state index is 13.0. The first-order valence-corrected chi connectivity index (χ1v) is 8.81. The summed E-state index contributed by atoms with van der Waals surface area (Å²) in [7, 11) is 0. The van der Waals surface area contributed by atoms with Gasteiger partial charge in [-0.3, -0.25) is 19.5 Å². The normalized spacial score (nSPS) is 12.1. The Morgan fingerprint density at radius 1 is 1.24 bits per heavy atom. The first-order chi connectivity index (χ1) is 13.6. The van der Waals surface area contributed by atoms with E-state index in [0.717, 1.165) is 10.9 Å². The fourth-order valence-electron chi connectivity index (χ4n) is 2.57. The molecule has 1 heterocycles. The number of rotatable bonds is 6. The van der Waals surface area contributed by atoms with Crippen LogP contribution in [0.4, 0.5) is 9.59 Å². The van der Waals surface area contributed by atoms with Crippen molar-refractivity contribution in [3.8, 4) is 0 Å². The number of carbonyl (C=O) groups is 3. The molecule has 0 spiro atoms. The number of nitro groups is 1. The maximum Gasteiger partial charge on any atom is 0.419 e. The molecule has 0 fully saturated rings. The number of benzene rings is 1. The van der Waals surface area contributed by atoms with E-state index < -0.39 is 41.0 Å². The molecule has 154 valence electrons. The quantitative estimate of drug-likeness (QED) is 0.537. The molecule has 0 aliphatic rings. The smallest absolute Gasteiger partial charge is 0.419 e. The van der Waals surface area contributed by atoms with Gasteiger partial charge >= 0.3 is 12.1 Å². The molecule has 2 aromatic rings. The van der Waals surface area contributed by atoms with Crippen LogP contribution in [0.1, 0.15) is 26.3 Å². The van der Waals surface area contributed by atoms with E-state index in [1.807, 2.05) is 0 Å². The van der Waals surface area contributed by atoms with Gasteiger partial charge in [-0.05, 0) is 26.3 Å². The highest BCUT2D eigenvalue weighted by atomic mass is 16.6. The number of ketones is 1. The van der Waals surface area contributed by atoms with Crippen molar-refractivity contribution < 1.29 is 24.0 Å². The number of imidazole rings is 1. The van der Waals surface area contributed by atoms with Gasteiger partial charge in [-0.15, -0.1) is 0 Å². The lowest BCUT2D eigenvalue weighted by molar-refractivity contribution is -0.467. The minimum absolute atomic E-state index is 0.0901. The van der Waals surface area contributed by atoms with E-state index in [0.29, 0.717) is 10.5 Å². The zero-order valence-electron chi connectivity index (χ0n) is 16.3. The van der Waals surface area contributed by atoms with Gasteiger partial charge in [0.25, 0.3) is 6.54 Å². The van der Waals surface area contributed by atoms with Crippen molar-refractivity contribution in [2.24, 2.45) is 0 Å². The highest BCUT2D eigenvalue weighted by Crippen LogP contribution is 2.18. The van der Waals surface area contributed by atoms with Gasteiger partial charge < -0.3 is 4.74 Å². The monoisotopic (exact) mass is 402 g/mol. The Morgan fingerprint density at radius 3 is 2.41 bits per heavy atom. The van der Waals surface area contributed by atoms with Crippen LogP contribution in [0.2, 0.25) is 0 Å². The minimum atomic E-state index is -1.42. The highest BCUT2D eigenvalue weighted by Gasteiger charge is 2.39. The van der Waals surface area contributed by atoms with Gasteiger partial charge in [-0.2, -0.15) is 0 Å². The maximum atomic E-state index is 13.0. The van der Waals surface area contributed by atoms with Crippen LogP contribution in [-0.4, -0.2) is 55.5 Å². The van der Waals surface area contributed by atoms with Crippen molar-refractivity contribution in [3.63, 3.8) is 0 Å². The second-order valence-electron chi connectivity index (χ2n) is 7.27. The van der Waals surface area contributed by atoms with Gasteiger partial charge in [0, 0.05) is 23.7 Å². The number of hydrogen-bond acceptors (Lipinski definition) is 7. The molecule has 0 N–H and O–H groups in total. The summed E-state index contributed by atoms with van der Waals surface area (Å²) in [6.07, 6.45) is 2.63. The van der Waals surface area contributed by atoms with E-state index in [-0.39, 0.29) is 6.42 Å². The lowest BCUT2D eigenvalue weighted by Gasteiger charge is -2.30. The fourth-order valence-corrected chi connectivity index (χ4v) is 2.57. The fraction of sp³-hybridized carbons (Fsp3) is 0.368. The Bertz CT molecular complexity index is 874. The summed E-state index contributed by atoms with van der Waals surface area (Å²) in [5.74, 6) is -0.891. The van der Waals surface area contributed by atoms with Gasteiger partial charge in [0.1, 0.15) is 18.0 Å². The van der Waals surface area contributed by atoms with E-state index >= 15 is 0 Å². The standard InChI is InChI=1S/C19H22N4O6/c1-19(2,3)29-18(26)23(17(25)21-10-9-20-13-21)15(16(24)12-22(27)28)11-14-7-5-4-6-8-14/h4-10,13,15H,11-12H2,1-3H3/t15-/m0/s1. The molecule has 1 aromatic carbocycles. The van der Waals surface area contributed by atoms with Crippen LogP contribution < -0.4 is 0 Å². The van der Waals surface area contributed by atoms with Crippen LogP contribution in [0.3, 0.4) is 0 Å². The first kappa shape index (κ1) is 21.7. The van der Waals surface area contributed by atoms with Crippen LogP contribution >= 0.6 is 0 Å². The van der Waals surface area contributed by atoms with Crippen LogP contribution in [0.25, 0.3) is 0 Å². The summed E-state index contributed by atoms with van der Waals surface area (Å²) in [5.41, 5.74) is -0.324. The topological polar surface area (TPSA) is 125 Å². The van der Waals surface area contributed by atoms with Crippen molar-refractivity contribution in [3.05, 3.63) is 64.7 Å². The molecule has 0 bridgehead atoms. The van der Waals surface area contributed by atoms with E-state index in [1.165, 1.54) is 12.4 Å². The summed E-state index contributed by atoms with van der Waals surface area (Å²) >= 11 is 0. The van der Waals surface area contributed by atoms with E-state index in [9.17, 15) is 24.5 Å². The van der Waals surface area contributed by atoms with Crippen LogP contribution in [0.5, 0.6) is 0 Å². The molecular weight excluding hydrogens is 380 g/mol. The Balaban J connectivity index is 2.48.